The van der Waals surface area contributed by atoms with E-state index in [1.807, 2.05) is 0 Å². The Bertz CT molecular complexity index is 661. The number of morpholine rings is 1. The molecule has 1 aliphatic rings. The molecule has 1 saturated heterocycles. The number of aromatic nitrogens is 4. The molecule has 0 saturated carbocycles. The summed E-state index contributed by atoms with van der Waals surface area (Å²) in [4.78, 5) is 18.2. The number of fused-ring (bicyclic) bond motifs is 1. The second-order valence-corrected chi connectivity index (χ2v) is 6.40. The summed E-state index contributed by atoms with van der Waals surface area (Å²) in [5.41, 5.74) is 1.10. The third-order valence-electron chi connectivity index (χ3n) is 3.47. The number of nitrogens with one attached hydrogen (secondary N) is 1. The van der Waals surface area contributed by atoms with Crippen molar-refractivity contribution in [2.75, 3.05) is 57.8 Å². The predicted molar refractivity (Wildman–Crippen MR) is 84.4 cm³/mol. The summed E-state index contributed by atoms with van der Waals surface area (Å²) in [6, 6.07) is 0.247. The second kappa shape index (κ2) is 7.30. The van der Waals surface area contributed by atoms with E-state index in [1.165, 1.54) is 7.11 Å². The molecule has 3 rings (SSSR count). The average molecular weight is 341 g/mol. The first kappa shape index (κ1) is 16.2. The van der Waals surface area contributed by atoms with E-state index in [0.29, 0.717) is 60.8 Å². The first-order valence-electron chi connectivity index (χ1n) is 7.24. The maximum atomic E-state index is 12.2. The number of nitrogens with zero attached hydrogens (tertiary/aromatic N) is 4. The molecule has 1 fully saturated rings. The van der Waals surface area contributed by atoms with E-state index >= 15 is 0 Å². The fourth-order valence-electron chi connectivity index (χ4n) is 2.29. The van der Waals surface area contributed by atoms with Crippen LogP contribution in [0.1, 0.15) is 0 Å². The van der Waals surface area contributed by atoms with Gasteiger partial charge in [0.2, 0.25) is 0 Å². The normalized spacial score (nSPS) is 16.7. The molecule has 2 aromatic rings. The summed E-state index contributed by atoms with van der Waals surface area (Å²) >= 11 is -1.28. The molecule has 126 valence electrons. The topological polar surface area (TPSA) is 108 Å². The van der Waals surface area contributed by atoms with Crippen LogP contribution >= 0.6 is 0 Å². The molecule has 10 heteroatoms. The van der Waals surface area contributed by atoms with Crippen LogP contribution in [0.5, 0.6) is 6.01 Å². The van der Waals surface area contributed by atoms with Gasteiger partial charge < -0.3 is 23.7 Å². The molecule has 1 atom stereocenters. The molecular weight excluding hydrogens is 322 g/mol. The number of aromatic amines is 1. The molecule has 1 N–H and O–H groups in total. The van der Waals surface area contributed by atoms with Crippen molar-refractivity contribution in [2.45, 2.75) is 5.16 Å². The molecule has 1 aliphatic heterocycles. The number of ether oxygens (including phenoxy) is 3. The highest BCUT2D eigenvalue weighted by molar-refractivity contribution is 7.91. The molecule has 0 spiro atoms. The van der Waals surface area contributed by atoms with Crippen LogP contribution in [-0.4, -0.2) is 77.4 Å². The van der Waals surface area contributed by atoms with Crippen LogP contribution in [0.25, 0.3) is 11.2 Å². The molecule has 0 aliphatic carbocycles. The van der Waals surface area contributed by atoms with Gasteiger partial charge in [0.15, 0.2) is 17.0 Å². The van der Waals surface area contributed by atoms with E-state index < -0.39 is 11.2 Å². The number of hydrogen-bond acceptors (Lipinski definition) is 8. The Morgan fingerprint density at radius 2 is 2.04 bits per heavy atom. The van der Waals surface area contributed by atoms with Crippen LogP contribution in [-0.2, 0) is 20.6 Å². The van der Waals surface area contributed by atoms with Gasteiger partial charge in [0.1, 0.15) is 5.75 Å². The lowest BCUT2D eigenvalue weighted by atomic mass is 10.4. The minimum Gasteiger partial charge on any atom is -0.609 e. The van der Waals surface area contributed by atoms with Gasteiger partial charge >= 0.3 is 11.2 Å². The summed E-state index contributed by atoms with van der Waals surface area (Å²) in [7, 11) is 3.08. The zero-order valence-electron chi connectivity index (χ0n) is 13.1. The summed E-state index contributed by atoms with van der Waals surface area (Å²) < 4.78 is 27.7. The number of anilines is 1. The van der Waals surface area contributed by atoms with Crippen LogP contribution in [0.4, 0.5) is 5.82 Å². The van der Waals surface area contributed by atoms with Crippen molar-refractivity contribution in [1.82, 2.24) is 19.9 Å². The molecule has 0 bridgehead atoms. The first-order valence-corrected chi connectivity index (χ1v) is 8.56. The zero-order chi connectivity index (χ0) is 16.2. The van der Waals surface area contributed by atoms with Gasteiger partial charge in [-0.2, -0.15) is 15.0 Å². The average Bonchev–Trinajstić information content (AvgIpc) is 3.03. The van der Waals surface area contributed by atoms with E-state index in [4.69, 9.17) is 14.2 Å². The van der Waals surface area contributed by atoms with E-state index in [2.05, 4.69) is 24.8 Å². The fourth-order valence-corrected chi connectivity index (χ4v) is 3.21. The van der Waals surface area contributed by atoms with E-state index in [0.717, 1.165) is 0 Å². The maximum Gasteiger partial charge on any atom is 0.323 e. The first-order chi connectivity index (χ1) is 11.2. The third-order valence-corrected chi connectivity index (χ3v) is 4.63. The van der Waals surface area contributed by atoms with Gasteiger partial charge in [0, 0.05) is 31.4 Å². The monoisotopic (exact) mass is 341 g/mol. The smallest absolute Gasteiger partial charge is 0.323 e. The molecule has 9 nitrogen and oxygen atoms in total. The molecule has 2 aromatic heterocycles. The van der Waals surface area contributed by atoms with Gasteiger partial charge in [0.05, 0.1) is 26.9 Å². The highest BCUT2D eigenvalue weighted by atomic mass is 32.2. The zero-order valence-corrected chi connectivity index (χ0v) is 13.9. The minimum absolute atomic E-state index is 0.247. The predicted octanol–water partition coefficient (Wildman–Crippen LogP) is -0.0479. The summed E-state index contributed by atoms with van der Waals surface area (Å²) in [5, 5.41) is 0.370. The Hall–Kier alpha value is -1.62. The lowest BCUT2D eigenvalue weighted by molar-refractivity contribution is 0.122. The van der Waals surface area contributed by atoms with Crippen LogP contribution in [0.3, 0.4) is 0 Å². The van der Waals surface area contributed by atoms with Crippen LogP contribution in [0.2, 0.25) is 0 Å². The Balaban J connectivity index is 1.98. The number of rotatable bonds is 6. The van der Waals surface area contributed by atoms with Crippen LogP contribution in [0.15, 0.2) is 5.16 Å². The van der Waals surface area contributed by atoms with Crippen LogP contribution in [0, 0.1) is 0 Å². The van der Waals surface area contributed by atoms with Gasteiger partial charge in [-0.25, -0.2) is 0 Å². The summed E-state index contributed by atoms with van der Waals surface area (Å²) in [5.74, 6) is 1.04. The SMILES string of the molecule is COCC[S+]([O-])c1nc2c(N3CCOCC3)nc(OC)nc2[nH]1. The largest absolute Gasteiger partial charge is 0.609 e. The number of H-pyrrole nitrogens is 1. The van der Waals surface area contributed by atoms with Crippen molar-refractivity contribution in [1.29, 1.82) is 0 Å². The van der Waals surface area contributed by atoms with Gasteiger partial charge in [-0.1, -0.05) is 0 Å². The third kappa shape index (κ3) is 3.50. The number of imidazole rings is 1. The van der Waals surface area contributed by atoms with Crippen molar-refractivity contribution in [3.63, 3.8) is 0 Å². The number of methoxy groups -OCH3 is 2. The van der Waals surface area contributed by atoms with Gasteiger partial charge in [-0.05, 0) is 0 Å². The molecule has 23 heavy (non-hydrogen) atoms. The van der Waals surface area contributed by atoms with Gasteiger partial charge in [-0.15, -0.1) is 0 Å². The summed E-state index contributed by atoms with van der Waals surface area (Å²) in [6.45, 7) is 3.08. The van der Waals surface area contributed by atoms with E-state index in [-0.39, 0.29) is 6.01 Å². The molecule has 0 amide bonds. The highest BCUT2D eigenvalue weighted by Gasteiger charge is 2.24. The second-order valence-electron chi connectivity index (χ2n) is 4.91. The maximum absolute atomic E-state index is 12.2. The summed E-state index contributed by atoms with van der Waals surface area (Å²) in [6.07, 6.45) is 0. The van der Waals surface area contributed by atoms with E-state index in [9.17, 15) is 4.55 Å². The Kier molecular flexibility index (Phi) is 5.16. The lowest BCUT2D eigenvalue weighted by Gasteiger charge is -2.27. The lowest BCUT2D eigenvalue weighted by Crippen LogP contribution is -2.37. The molecule has 3 heterocycles. The van der Waals surface area contributed by atoms with Crippen molar-refractivity contribution in [3.05, 3.63) is 0 Å². The highest BCUT2D eigenvalue weighted by Crippen LogP contribution is 2.26. The van der Waals surface area contributed by atoms with Gasteiger partial charge in [0.25, 0.3) is 0 Å². The minimum atomic E-state index is -1.28. The van der Waals surface area contributed by atoms with Gasteiger partial charge in [-0.3, -0.25) is 4.98 Å². The van der Waals surface area contributed by atoms with E-state index in [1.54, 1.807) is 7.11 Å². The Morgan fingerprint density at radius 3 is 2.74 bits per heavy atom. The molecule has 0 aromatic carbocycles. The standard InChI is InChI=1S/C13H19N5O4S/c1-20-7-8-23(19)13-14-9-10(16-13)15-12(21-2)17-11(9)18-3-5-22-6-4-18/h3-8H2,1-2H3,(H,14,15,16,17). The van der Waals surface area contributed by atoms with Crippen molar-refractivity contribution in [2.24, 2.45) is 0 Å². The van der Waals surface area contributed by atoms with Crippen molar-refractivity contribution in [3.8, 4) is 6.01 Å². The molecular formula is C13H19N5O4S. The number of hydrogen-bond donors (Lipinski definition) is 1. The Morgan fingerprint density at radius 1 is 1.26 bits per heavy atom. The quantitative estimate of drug-likeness (QED) is 0.729. The Labute approximate surface area is 136 Å². The van der Waals surface area contributed by atoms with Crippen molar-refractivity contribution >= 4 is 28.2 Å². The molecule has 1 unspecified atom stereocenters. The fraction of sp³-hybridized carbons (Fsp3) is 0.615. The van der Waals surface area contributed by atoms with Crippen molar-refractivity contribution < 1.29 is 18.8 Å². The molecule has 0 radical (unpaired) electrons. The van der Waals surface area contributed by atoms with Crippen LogP contribution < -0.4 is 9.64 Å².